The van der Waals surface area contributed by atoms with Crippen LogP contribution in [0.2, 0.25) is 0 Å². The Morgan fingerprint density at radius 2 is 2.20 bits per heavy atom. The number of rotatable bonds is 7. The van der Waals surface area contributed by atoms with E-state index in [4.69, 9.17) is 14.2 Å². The van der Waals surface area contributed by atoms with Crippen LogP contribution in [0.15, 0.2) is 24.7 Å². The molecule has 35 heavy (non-hydrogen) atoms. The van der Waals surface area contributed by atoms with E-state index < -0.39 is 6.10 Å². The third-order valence-electron chi connectivity index (χ3n) is 6.10. The van der Waals surface area contributed by atoms with E-state index >= 15 is 0 Å². The highest BCUT2D eigenvalue weighted by atomic mass is 16.7. The third kappa shape index (κ3) is 4.23. The lowest BCUT2D eigenvalue weighted by molar-refractivity contribution is -0.138. The predicted molar refractivity (Wildman–Crippen MR) is 125 cm³/mol. The Bertz CT molecular complexity index is 1270. The Hall–Kier alpha value is -3.86. The second-order valence-corrected chi connectivity index (χ2v) is 8.59. The molecule has 2 amide bonds. The van der Waals surface area contributed by atoms with Crippen molar-refractivity contribution in [3.63, 3.8) is 0 Å². The number of fused-ring (bicyclic) bond motifs is 2. The number of hydrogen-bond donors (Lipinski definition) is 3. The minimum absolute atomic E-state index is 0.0993. The highest BCUT2D eigenvalue weighted by Crippen LogP contribution is 2.47. The lowest BCUT2D eigenvalue weighted by Crippen LogP contribution is -2.40. The number of likely N-dealkylation sites (tertiary alicyclic amines) is 1. The molecule has 4 heterocycles. The number of aromatic nitrogens is 3. The highest BCUT2D eigenvalue weighted by molar-refractivity contribution is 6.08. The van der Waals surface area contributed by atoms with Gasteiger partial charge >= 0.3 is 0 Å². The van der Waals surface area contributed by atoms with Gasteiger partial charge in [0.25, 0.3) is 11.8 Å². The summed E-state index contributed by atoms with van der Waals surface area (Å²) in [7, 11) is 0. The number of amides is 2. The number of nitrogens with zero attached hydrogens (tertiary/aromatic N) is 3. The third-order valence-corrected chi connectivity index (χ3v) is 6.10. The number of aromatic amines is 1. The molecule has 3 aromatic rings. The molecular formula is C24H27N5O6. The number of carbonyl (C=O) groups is 2. The molecule has 11 heteroatoms. The Morgan fingerprint density at radius 3 is 3.00 bits per heavy atom. The molecule has 11 nitrogen and oxygen atoms in total. The average molecular weight is 482 g/mol. The quantitative estimate of drug-likeness (QED) is 0.465. The van der Waals surface area contributed by atoms with Gasteiger partial charge in [-0.3, -0.25) is 9.59 Å². The zero-order chi connectivity index (χ0) is 24.5. The van der Waals surface area contributed by atoms with Crippen LogP contribution in [0.5, 0.6) is 17.2 Å². The first-order chi connectivity index (χ1) is 17.0. The molecule has 1 saturated heterocycles. The lowest BCUT2D eigenvalue weighted by Gasteiger charge is -2.18. The molecule has 0 saturated carbocycles. The summed E-state index contributed by atoms with van der Waals surface area (Å²) in [5.74, 6) is 1.09. The fourth-order valence-corrected chi connectivity index (χ4v) is 4.42. The summed E-state index contributed by atoms with van der Waals surface area (Å²) in [6, 6.07) is 3.41. The maximum absolute atomic E-state index is 13.1. The van der Waals surface area contributed by atoms with Crippen molar-refractivity contribution >= 4 is 22.8 Å². The van der Waals surface area contributed by atoms with E-state index in [1.807, 2.05) is 13.0 Å². The van der Waals surface area contributed by atoms with Gasteiger partial charge in [0.05, 0.1) is 23.3 Å². The summed E-state index contributed by atoms with van der Waals surface area (Å²) < 4.78 is 17.3. The molecule has 5 rings (SSSR count). The Morgan fingerprint density at radius 1 is 1.34 bits per heavy atom. The molecule has 0 unspecified atom stereocenters. The Balaban J connectivity index is 1.45. The van der Waals surface area contributed by atoms with Gasteiger partial charge in [0.1, 0.15) is 29.4 Å². The van der Waals surface area contributed by atoms with Crippen LogP contribution >= 0.6 is 0 Å². The van der Waals surface area contributed by atoms with Crippen LogP contribution in [0.3, 0.4) is 0 Å². The number of aliphatic hydroxyl groups is 1. The molecule has 0 spiro atoms. The first-order valence-electron chi connectivity index (χ1n) is 11.6. The van der Waals surface area contributed by atoms with Crippen molar-refractivity contribution in [1.29, 1.82) is 0 Å². The van der Waals surface area contributed by atoms with Gasteiger partial charge in [-0.1, -0.05) is 6.92 Å². The maximum Gasteiger partial charge on any atom is 0.255 e. The summed E-state index contributed by atoms with van der Waals surface area (Å²) >= 11 is 0. The number of H-pyrrole nitrogens is 1. The molecule has 2 aliphatic heterocycles. The predicted octanol–water partition coefficient (Wildman–Crippen LogP) is 1.85. The maximum atomic E-state index is 13.1. The van der Waals surface area contributed by atoms with Crippen LogP contribution in [-0.2, 0) is 4.79 Å². The highest BCUT2D eigenvalue weighted by Gasteiger charge is 2.31. The number of carbonyl (C=O) groups excluding carboxylic acids is 2. The van der Waals surface area contributed by atoms with Crippen molar-refractivity contribution < 1.29 is 28.9 Å². The molecule has 2 aromatic heterocycles. The Labute approximate surface area is 201 Å². The van der Waals surface area contributed by atoms with E-state index in [-0.39, 0.29) is 24.6 Å². The molecule has 0 aliphatic carbocycles. The second-order valence-electron chi connectivity index (χ2n) is 8.59. The van der Waals surface area contributed by atoms with E-state index in [0.29, 0.717) is 71.2 Å². The standard InChI is InChI=1S/C24H27N5O6/c1-3-8-33-16-4-5-17-22(35-12-34-17)18(16)20-21-19(26-11-27-20)15(9-25-21)23(31)28-14-6-7-29(10-14)24(32)13(2)30/h4-5,9,11,13-14,25,30H,3,6-8,10,12H2,1-2H3,(H,28,31)/t13-,14+/m0/s1. The van der Waals surface area contributed by atoms with E-state index in [2.05, 4.69) is 20.3 Å². The SMILES string of the molecule is CCCOc1ccc2c(c1-c1ncnc3c(C(=O)N[C@@H]4CCN(C(=O)[C@H](C)O)C4)c[nH]c13)OCO2. The first-order valence-corrected chi connectivity index (χ1v) is 11.6. The summed E-state index contributed by atoms with van der Waals surface area (Å²) in [5, 5.41) is 12.5. The molecule has 0 radical (unpaired) electrons. The lowest BCUT2D eigenvalue weighted by atomic mass is 10.1. The average Bonchev–Trinajstić information content (AvgIpc) is 3.60. The van der Waals surface area contributed by atoms with Gasteiger partial charge in [-0.05, 0) is 31.9 Å². The second kappa shape index (κ2) is 9.41. The van der Waals surface area contributed by atoms with Gasteiger partial charge in [0.15, 0.2) is 11.5 Å². The molecule has 3 N–H and O–H groups in total. The first kappa shape index (κ1) is 22.9. The van der Waals surface area contributed by atoms with Crippen molar-refractivity contribution in [2.75, 3.05) is 26.5 Å². The molecule has 2 aliphatic rings. The van der Waals surface area contributed by atoms with Crippen LogP contribution in [0.1, 0.15) is 37.0 Å². The number of hydrogen-bond acceptors (Lipinski definition) is 8. The van der Waals surface area contributed by atoms with E-state index in [1.54, 1.807) is 17.2 Å². The zero-order valence-corrected chi connectivity index (χ0v) is 19.5. The van der Waals surface area contributed by atoms with E-state index in [9.17, 15) is 14.7 Å². The molecule has 184 valence electrons. The summed E-state index contributed by atoms with van der Waals surface area (Å²) in [4.78, 5) is 38.7. The molecule has 0 bridgehead atoms. The summed E-state index contributed by atoms with van der Waals surface area (Å²) in [5.41, 5.74) is 2.57. The van der Waals surface area contributed by atoms with Crippen molar-refractivity contribution in [1.82, 2.24) is 25.2 Å². The zero-order valence-electron chi connectivity index (χ0n) is 19.5. The fourth-order valence-electron chi connectivity index (χ4n) is 4.42. The van der Waals surface area contributed by atoms with Gasteiger partial charge in [-0.15, -0.1) is 0 Å². The normalized spacial score (nSPS) is 17.6. The largest absolute Gasteiger partial charge is 0.493 e. The minimum Gasteiger partial charge on any atom is -0.493 e. The van der Waals surface area contributed by atoms with Crippen LogP contribution in [-0.4, -0.2) is 75.4 Å². The minimum atomic E-state index is -1.06. The fraction of sp³-hybridized carbons (Fsp3) is 0.417. The number of benzene rings is 1. The molecule has 2 atom stereocenters. The number of aliphatic hydroxyl groups excluding tert-OH is 1. The number of ether oxygens (including phenoxy) is 3. The van der Waals surface area contributed by atoms with Gasteiger partial charge in [0, 0.05) is 25.3 Å². The van der Waals surface area contributed by atoms with Crippen LogP contribution < -0.4 is 19.5 Å². The molecule has 1 aromatic carbocycles. The van der Waals surface area contributed by atoms with E-state index in [1.165, 1.54) is 13.3 Å². The molecule has 1 fully saturated rings. The summed E-state index contributed by atoms with van der Waals surface area (Å²) in [6.07, 6.45) is 3.38. The van der Waals surface area contributed by atoms with Gasteiger partial charge < -0.3 is 34.5 Å². The molecular weight excluding hydrogens is 454 g/mol. The smallest absolute Gasteiger partial charge is 0.255 e. The van der Waals surface area contributed by atoms with Gasteiger partial charge in [-0.25, -0.2) is 9.97 Å². The monoisotopic (exact) mass is 481 g/mol. The van der Waals surface area contributed by atoms with Crippen LogP contribution in [0, 0.1) is 0 Å². The number of nitrogens with one attached hydrogen (secondary N) is 2. The summed E-state index contributed by atoms with van der Waals surface area (Å²) in [6.45, 7) is 4.92. The van der Waals surface area contributed by atoms with Crippen LogP contribution in [0.4, 0.5) is 0 Å². The van der Waals surface area contributed by atoms with E-state index in [0.717, 1.165) is 6.42 Å². The van der Waals surface area contributed by atoms with Crippen LogP contribution in [0.25, 0.3) is 22.3 Å². The van der Waals surface area contributed by atoms with Crippen molar-refractivity contribution in [2.24, 2.45) is 0 Å². The topological polar surface area (TPSA) is 139 Å². The van der Waals surface area contributed by atoms with Crippen molar-refractivity contribution in [3.05, 3.63) is 30.2 Å². The Kier molecular flexibility index (Phi) is 6.16. The van der Waals surface area contributed by atoms with Crippen molar-refractivity contribution in [3.8, 4) is 28.5 Å². The van der Waals surface area contributed by atoms with Crippen molar-refractivity contribution in [2.45, 2.75) is 38.8 Å². The van der Waals surface area contributed by atoms with Gasteiger partial charge in [-0.2, -0.15) is 0 Å². The van der Waals surface area contributed by atoms with Gasteiger partial charge in [0.2, 0.25) is 6.79 Å².